The smallest absolute Gasteiger partial charge is 0.0868 e. The van der Waals surface area contributed by atoms with Crippen molar-refractivity contribution in [1.82, 2.24) is 20.9 Å². The van der Waals surface area contributed by atoms with Crippen LogP contribution in [0, 0.1) is 0 Å². The molecule has 3 rings (SSSR count). The first-order valence-corrected chi connectivity index (χ1v) is 9.39. The van der Waals surface area contributed by atoms with E-state index in [4.69, 9.17) is 0 Å². The van der Waals surface area contributed by atoms with Crippen LogP contribution < -0.4 is 11.0 Å². The molecule has 1 aromatic rings. The lowest BCUT2D eigenvalue weighted by atomic mass is 9.94. The number of rotatable bonds is 4. The number of nitrogens with zero attached hydrogens (tertiary/aromatic N) is 2. The van der Waals surface area contributed by atoms with Crippen LogP contribution in [0.3, 0.4) is 0 Å². The van der Waals surface area contributed by atoms with Gasteiger partial charge in [0.25, 0.3) is 0 Å². The Morgan fingerprint density at radius 2 is 1.85 bits per heavy atom. The summed E-state index contributed by atoms with van der Waals surface area (Å²) in [4.78, 5) is 2.42. The maximum Gasteiger partial charge on any atom is 0.0868 e. The molecule has 4 heteroatoms. The molecule has 0 bridgehead atoms. The summed E-state index contributed by atoms with van der Waals surface area (Å²) in [6.45, 7) is 15.9. The Labute approximate surface area is 157 Å². The summed E-state index contributed by atoms with van der Waals surface area (Å²) in [5, 5.41) is 2.21. The normalized spacial score (nSPS) is 20.4. The summed E-state index contributed by atoms with van der Waals surface area (Å²) in [5.41, 5.74) is 14.0. The average Bonchev–Trinajstić information content (AvgIpc) is 3.04. The van der Waals surface area contributed by atoms with Crippen molar-refractivity contribution >= 4 is 5.70 Å². The van der Waals surface area contributed by atoms with Gasteiger partial charge in [-0.3, -0.25) is 5.01 Å². The Balaban J connectivity index is 2.36. The molecular weight excluding hydrogens is 320 g/mol. The highest BCUT2D eigenvalue weighted by molar-refractivity contribution is 5.76. The van der Waals surface area contributed by atoms with Gasteiger partial charge < -0.3 is 10.3 Å². The van der Waals surface area contributed by atoms with E-state index in [2.05, 4.69) is 98.5 Å². The Morgan fingerprint density at radius 1 is 1.12 bits per heavy atom. The van der Waals surface area contributed by atoms with Crippen molar-refractivity contribution in [2.45, 2.75) is 53.2 Å². The van der Waals surface area contributed by atoms with Crippen LogP contribution in [0.15, 0.2) is 66.0 Å². The molecule has 0 amide bonds. The molecule has 2 aliphatic rings. The summed E-state index contributed by atoms with van der Waals surface area (Å²) >= 11 is 0. The molecule has 0 saturated carbocycles. The monoisotopic (exact) mass is 350 g/mol. The molecule has 0 aromatic heterocycles. The molecule has 0 fully saturated rings. The van der Waals surface area contributed by atoms with Gasteiger partial charge >= 0.3 is 0 Å². The third-order valence-corrected chi connectivity index (χ3v) is 4.91. The van der Waals surface area contributed by atoms with Gasteiger partial charge in [0, 0.05) is 35.5 Å². The Kier molecular flexibility index (Phi) is 5.23. The largest absolute Gasteiger partial charge is 0.364 e. The van der Waals surface area contributed by atoms with Crippen molar-refractivity contribution < 1.29 is 0 Å². The predicted octanol–water partition coefficient (Wildman–Crippen LogP) is 4.33. The van der Waals surface area contributed by atoms with Crippen LogP contribution in [0.4, 0.5) is 0 Å². The van der Waals surface area contributed by atoms with Crippen molar-refractivity contribution in [2.24, 2.45) is 0 Å². The van der Waals surface area contributed by atoms with E-state index in [1.165, 1.54) is 16.8 Å². The first kappa shape index (κ1) is 18.3. The number of nitrogens with one attached hydrogen (secondary N) is 2. The van der Waals surface area contributed by atoms with Crippen molar-refractivity contribution in [1.29, 1.82) is 0 Å². The van der Waals surface area contributed by atoms with Crippen molar-refractivity contribution in [3.63, 3.8) is 0 Å². The van der Waals surface area contributed by atoms with E-state index in [9.17, 15) is 0 Å². The van der Waals surface area contributed by atoms with Gasteiger partial charge in [0.2, 0.25) is 0 Å². The number of allylic oxidation sites excluding steroid dienone is 3. The van der Waals surface area contributed by atoms with Gasteiger partial charge in [-0.2, -0.15) is 0 Å². The van der Waals surface area contributed by atoms with Crippen LogP contribution in [0.25, 0.3) is 5.70 Å². The highest BCUT2D eigenvalue weighted by Gasteiger charge is 2.32. The minimum Gasteiger partial charge on any atom is -0.364 e. The molecule has 0 aliphatic carbocycles. The lowest BCUT2D eigenvalue weighted by Gasteiger charge is -2.35. The predicted molar refractivity (Wildman–Crippen MR) is 109 cm³/mol. The standard InChI is InChI=1S/C22H30N4/c1-7-11-19-20(8-2)25(15(3)4)14-17-12-9-10-13-18(17)22-21(19)23-24-26(22)16(5)6/h7-13,15-16,23-24H,2,14H2,1,3-6H3/b11-7-,20-19-. The third-order valence-electron chi connectivity index (χ3n) is 4.91. The molecule has 0 saturated heterocycles. The molecule has 4 nitrogen and oxygen atoms in total. The van der Waals surface area contributed by atoms with Crippen molar-refractivity contribution in [2.75, 3.05) is 0 Å². The Hall–Kier alpha value is -2.46. The van der Waals surface area contributed by atoms with Crippen LogP contribution >= 0.6 is 0 Å². The van der Waals surface area contributed by atoms with Gasteiger partial charge in [-0.1, -0.05) is 43.0 Å². The van der Waals surface area contributed by atoms with Crippen molar-refractivity contribution in [3.8, 4) is 0 Å². The highest BCUT2D eigenvalue weighted by atomic mass is 15.7. The molecule has 26 heavy (non-hydrogen) atoms. The number of hydrogen-bond acceptors (Lipinski definition) is 4. The lowest BCUT2D eigenvalue weighted by Crippen LogP contribution is -2.42. The van der Waals surface area contributed by atoms with Crippen LogP contribution in [0.2, 0.25) is 0 Å². The van der Waals surface area contributed by atoms with E-state index in [-0.39, 0.29) is 0 Å². The zero-order valence-electron chi connectivity index (χ0n) is 16.5. The van der Waals surface area contributed by atoms with E-state index >= 15 is 0 Å². The second kappa shape index (κ2) is 7.42. The second-order valence-electron chi connectivity index (χ2n) is 7.31. The third kappa shape index (κ3) is 3.06. The van der Waals surface area contributed by atoms with Crippen LogP contribution in [-0.4, -0.2) is 22.0 Å². The Morgan fingerprint density at radius 3 is 2.46 bits per heavy atom. The fourth-order valence-corrected chi connectivity index (χ4v) is 3.66. The fraction of sp³-hybridized carbons (Fsp3) is 0.364. The van der Waals surface area contributed by atoms with E-state index in [1.54, 1.807) is 0 Å². The van der Waals surface area contributed by atoms with Crippen LogP contribution in [-0.2, 0) is 6.54 Å². The van der Waals surface area contributed by atoms with Gasteiger partial charge in [-0.15, -0.1) is 5.53 Å². The summed E-state index contributed by atoms with van der Waals surface area (Å²) in [6, 6.07) is 9.39. The minimum absolute atomic E-state index is 0.322. The molecule has 0 unspecified atom stereocenters. The first-order valence-electron chi connectivity index (χ1n) is 9.39. The molecule has 2 aliphatic heterocycles. The zero-order chi connectivity index (χ0) is 18.8. The molecule has 2 heterocycles. The molecular formula is C22H30N4. The summed E-state index contributed by atoms with van der Waals surface area (Å²) in [6.07, 6.45) is 6.25. The number of hydrazine groups is 2. The molecule has 0 radical (unpaired) electrons. The maximum absolute atomic E-state index is 4.13. The molecule has 0 spiro atoms. The van der Waals surface area contributed by atoms with E-state index in [0.717, 1.165) is 23.5 Å². The van der Waals surface area contributed by atoms with E-state index < -0.39 is 0 Å². The topological polar surface area (TPSA) is 30.5 Å². The summed E-state index contributed by atoms with van der Waals surface area (Å²) < 4.78 is 0. The summed E-state index contributed by atoms with van der Waals surface area (Å²) in [5.74, 6) is 0. The summed E-state index contributed by atoms with van der Waals surface area (Å²) in [7, 11) is 0. The Bertz CT molecular complexity index is 783. The molecule has 138 valence electrons. The maximum atomic E-state index is 4.13. The highest BCUT2D eigenvalue weighted by Crippen LogP contribution is 2.37. The van der Waals surface area contributed by atoms with Gasteiger partial charge in [0.15, 0.2) is 0 Å². The molecule has 0 atom stereocenters. The first-order chi connectivity index (χ1) is 12.5. The molecule has 1 aromatic carbocycles. The van der Waals surface area contributed by atoms with Gasteiger partial charge in [-0.25, -0.2) is 0 Å². The van der Waals surface area contributed by atoms with Crippen LogP contribution in [0.5, 0.6) is 0 Å². The quantitative estimate of drug-likeness (QED) is 0.846. The number of fused-ring (bicyclic) bond motifs is 2. The van der Waals surface area contributed by atoms with Crippen LogP contribution in [0.1, 0.15) is 45.7 Å². The van der Waals surface area contributed by atoms with E-state index in [1.807, 2.05) is 6.08 Å². The fourth-order valence-electron chi connectivity index (χ4n) is 3.66. The van der Waals surface area contributed by atoms with Gasteiger partial charge in [0.05, 0.1) is 11.4 Å². The average molecular weight is 351 g/mol. The number of hydrogen-bond donors (Lipinski definition) is 2. The minimum atomic E-state index is 0.322. The second-order valence-corrected chi connectivity index (χ2v) is 7.31. The van der Waals surface area contributed by atoms with E-state index in [0.29, 0.717) is 12.1 Å². The van der Waals surface area contributed by atoms with Gasteiger partial charge in [-0.05, 0) is 46.3 Å². The SMILES string of the molecule is C=C/C1=C(\C=C/C)C2=C(c3ccccc3CN1C(C)C)N(C(C)C)NN2. The lowest BCUT2D eigenvalue weighted by molar-refractivity contribution is 0.235. The molecule has 2 N–H and O–H groups in total. The zero-order valence-corrected chi connectivity index (χ0v) is 16.5. The number of benzene rings is 1. The van der Waals surface area contributed by atoms with Crippen molar-refractivity contribution in [3.05, 3.63) is 77.2 Å². The van der Waals surface area contributed by atoms with Gasteiger partial charge in [0.1, 0.15) is 0 Å².